The smallest absolute Gasteiger partial charge is 0.254 e. The third-order valence-electron chi connectivity index (χ3n) is 3.04. The number of para-hydroxylation sites is 1. The minimum Gasteiger partial charge on any atom is -0.330 e. The number of fused-ring (bicyclic) bond motifs is 1. The van der Waals surface area contributed by atoms with Crippen LogP contribution in [0.1, 0.15) is 18.9 Å². The Morgan fingerprint density at radius 2 is 2.06 bits per heavy atom. The standard InChI is InChI=1S/C14H18N2O/c1-2-16-13-8-4-3-6-11(13)10-12(14(16)17)7-5-9-15/h3-4,6,8,10H,2,5,7,9,15H2,1H3. The number of rotatable bonds is 4. The van der Waals surface area contributed by atoms with Gasteiger partial charge in [0.25, 0.3) is 5.56 Å². The molecule has 3 nitrogen and oxygen atoms in total. The fourth-order valence-electron chi connectivity index (χ4n) is 2.17. The molecule has 0 atom stereocenters. The molecule has 1 heterocycles. The van der Waals surface area contributed by atoms with E-state index in [-0.39, 0.29) is 5.56 Å². The summed E-state index contributed by atoms with van der Waals surface area (Å²) >= 11 is 0. The first-order valence-corrected chi connectivity index (χ1v) is 6.09. The molecular weight excluding hydrogens is 212 g/mol. The zero-order chi connectivity index (χ0) is 12.3. The van der Waals surface area contributed by atoms with E-state index in [1.165, 1.54) is 0 Å². The van der Waals surface area contributed by atoms with Crippen molar-refractivity contribution >= 4 is 10.9 Å². The van der Waals surface area contributed by atoms with E-state index in [0.717, 1.165) is 29.3 Å². The first kappa shape index (κ1) is 11.9. The summed E-state index contributed by atoms with van der Waals surface area (Å²) in [6.45, 7) is 3.33. The van der Waals surface area contributed by atoms with Crippen LogP contribution in [0.3, 0.4) is 0 Å². The Morgan fingerprint density at radius 1 is 1.29 bits per heavy atom. The van der Waals surface area contributed by atoms with Crippen LogP contribution >= 0.6 is 0 Å². The number of aryl methyl sites for hydroxylation is 2. The lowest BCUT2D eigenvalue weighted by molar-refractivity contribution is 0.734. The SMILES string of the molecule is CCn1c(=O)c(CCCN)cc2ccccc21. The lowest BCUT2D eigenvalue weighted by Crippen LogP contribution is -2.23. The van der Waals surface area contributed by atoms with Gasteiger partial charge in [-0.25, -0.2) is 0 Å². The molecule has 0 saturated carbocycles. The largest absolute Gasteiger partial charge is 0.330 e. The fourth-order valence-corrected chi connectivity index (χ4v) is 2.17. The van der Waals surface area contributed by atoms with Gasteiger partial charge in [-0.1, -0.05) is 18.2 Å². The molecule has 2 N–H and O–H groups in total. The van der Waals surface area contributed by atoms with Gasteiger partial charge >= 0.3 is 0 Å². The van der Waals surface area contributed by atoms with Crippen molar-refractivity contribution in [3.8, 4) is 0 Å². The summed E-state index contributed by atoms with van der Waals surface area (Å²) in [4.78, 5) is 12.2. The van der Waals surface area contributed by atoms with Crippen LogP contribution in [0.2, 0.25) is 0 Å². The van der Waals surface area contributed by atoms with Crippen molar-refractivity contribution in [1.82, 2.24) is 4.57 Å². The average molecular weight is 230 g/mol. The molecule has 0 aliphatic heterocycles. The van der Waals surface area contributed by atoms with Gasteiger partial charge in [-0.2, -0.15) is 0 Å². The first-order valence-electron chi connectivity index (χ1n) is 6.09. The summed E-state index contributed by atoms with van der Waals surface area (Å²) in [5.41, 5.74) is 7.51. The molecule has 2 aromatic rings. The van der Waals surface area contributed by atoms with Crippen molar-refractivity contribution in [3.63, 3.8) is 0 Å². The maximum atomic E-state index is 12.2. The Kier molecular flexibility index (Phi) is 3.59. The number of nitrogens with zero attached hydrogens (tertiary/aromatic N) is 1. The highest BCUT2D eigenvalue weighted by Crippen LogP contribution is 2.13. The third-order valence-corrected chi connectivity index (χ3v) is 3.04. The summed E-state index contributed by atoms with van der Waals surface area (Å²) < 4.78 is 1.83. The first-order chi connectivity index (χ1) is 8.27. The van der Waals surface area contributed by atoms with E-state index in [0.29, 0.717) is 13.1 Å². The van der Waals surface area contributed by atoms with Gasteiger partial charge in [-0.05, 0) is 43.8 Å². The molecule has 0 unspecified atom stereocenters. The molecule has 0 fully saturated rings. The van der Waals surface area contributed by atoms with Crippen LogP contribution < -0.4 is 11.3 Å². The van der Waals surface area contributed by atoms with Crippen molar-refractivity contribution in [2.45, 2.75) is 26.3 Å². The average Bonchev–Trinajstić information content (AvgIpc) is 2.36. The van der Waals surface area contributed by atoms with Gasteiger partial charge in [-0.3, -0.25) is 4.79 Å². The van der Waals surface area contributed by atoms with Gasteiger partial charge in [-0.15, -0.1) is 0 Å². The summed E-state index contributed by atoms with van der Waals surface area (Å²) in [5, 5.41) is 1.13. The monoisotopic (exact) mass is 230 g/mol. The molecule has 0 radical (unpaired) electrons. The number of aromatic nitrogens is 1. The van der Waals surface area contributed by atoms with Crippen LogP contribution in [-0.4, -0.2) is 11.1 Å². The summed E-state index contributed by atoms with van der Waals surface area (Å²) in [6, 6.07) is 10.0. The van der Waals surface area contributed by atoms with Gasteiger partial charge in [0.15, 0.2) is 0 Å². The van der Waals surface area contributed by atoms with E-state index in [1.54, 1.807) is 0 Å². The molecule has 0 bridgehead atoms. The van der Waals surface area contributed by atoms with Gasteiger partial charge in [0.05, 0.1) is 5.52 Å². The van der Waals surface area contributed by atoms with E-state index < -0.39 is 0 Å². The highest BCUT2D eigenvalue weighted by molar-refractivity contribution is 5.79. The number of benzene rings is 1. The predicted molar refractivity (Wildman–Crippen MR) is 71.3 cm³/mol. The predicted octanol–water partition coefficient (Wildman–Crippen LogP) is 1.91. The lowest BCUT2D eigenvalue weighted by Gasteiger charge is -2.10. The Hall–Kier alpha value is -1.61. The molecule has 90 valence electrons. The molecule has 2 rings (SSSR count). The van der Waals surface area contributed by atoms with Gasteiger partial charge in [0.2, 0.25) is 0 Å². The number of hydrogen-bond acceptors (Lipinski definition) is 2. The van der Waals surface area contributed by atoms with Crippen LogP contribution in [-0.2, 0) is 13.0 Å². The van der Waals surface area contributed by atoms with E-state index in [4.69, 9.17) is 5.73 Å². The Balaban J connectivity index is 2.63. The van der Waals surface area contributed by atoms with Gasteiger partial charge < -0.3 is 10.3 Å². The third kappa shape index (κ3) is 2.24. The molecule has 3 heteroatoms. The zero-order valence-corrected chi connectivity index (χ0v) is 10.1. The number of pyridine rings is 1. The molecule has 0 amide bonds. The van der Waals surface area contributed by atoms with E-state index >= 15 is 0 Å². The summed E-state index contributed by atoms with van der Waals surface area (Å²) in [7, 11) is 0. The van der Waals surface area contributed by atoms with Crippen molar-refractivity contribution in [1.29, 1.82) is 0 Å². The molecule has 0 aliphatic carbocycles. The molecular formula is C14H18N2O. The second kappa shape index (κ2) is 5.15. The Bertz CT molecular complexity index is 572. The minimum absolute atomic E-state index is 0.125. The van der Waals surface area contributed by atoms with Crippen LogP contribution in [0.15, 0.2) is 35.1 Å². The maximum Gasteiger partial charge on any atom is 0.254 e. The van der Waals surface area contributed by atoms with Gasteiger partial charge in [0.1, 0.15) is 0 Å². The van der Waals surface area contributed by atoms with Gasteiger partial charge in [0, 0.05) is 12.1 Å². The number of hydrogen-bond donors (Lipinski definition) is 1. The normalized spacial score (nSPS) is 10.9. The fraction of sp³-hybridized carbons (Fsp3) is 0.357. The molecule has 17 heavy (non-hydrogen) atoms. The second-order valence-corrected chi connectivity index (χ2v) is 4.17. The molecule has 1 aromatic heterocycles. The van der Waals surface area contributed by atoms with E-state index in [1.807, 2.05) is 41.8 Å². The van der Waals surface area contributed by atoms with Crippen LogP contribution in [0.4, 0.5) is 0 Å². The number of nitrogens with two attached hydrogens (primary N) is 1. The highest BCUT2D eigenvalue weighted by Gasteiger charge is 2.07. The molecule has 1 aromatic carbocycles. The molecule has 0 spiro atoms. The van der Waals surface area contributed by atoms with E-state index in [2.05, 4.69) is 0 Å². The zero-order valence-electron chi connectivity index (χ0n) is 10.1. The van der Waals surface area contributed by atoms with Crippen molar-refractivity contribution < 1.29 is 0 Å². The lowest BCUT2D eigenvalue weighted by atomic mass is 10.1. The highest BCUT2D eigenvalue weighted by atomic mass is 16.1. The van der Waals surface area contributed by atoms with E-state index in [9.17, 15) is 4.79 Å². The van der Waals surface area contributed by atoms with Crippen LogP contribution in [0, 0.1) is 0 Å². The van der Waals surface area contributed by atoms with Crippen molar-refractivity contribution in [2.24, 2.45) is 5.73 Å². The maximum absolute atomic E-state index is 12.2. The summed E-state index contributed by atoms with van der Waals surface area (Å²) in [5.74, 6) is 0. The Morgan fingerprint density at radius 3 is 2.76 bits per heavy atom. The van der Waals surface area contributed by atoms with Crippen LogP contribution in [0.5, 0.6) is 0 Å². The van der Waals surface area contributed by atoms with Crippen molar-refractivity contribution in [2.75, 3.05) is 6.54 Å². The molecule has 0 aliphatic rings. The molecule has 0 saturated heterocycles. The minimum atomic E-state index is 0.125. The second-order valence-electron chi connectivity index (χ2n) is 4.17. The van der Waals surface area contributed by atoms with Crippen molar-refractivity contribution in [3.05, 3.63) is 46.2 Å². The Labute approximate surface area is 101 Å². The summed E-state index contributed by atoms with van der Waals surface area (Å²) in [6.07, 6.45) is 1.62. The topological polar surface area (TPSA) is 48.0 Å². The quantitative estimate of drug-likeness (QED) is 0.872. The van der Waals surface area contributed by atoms with Crippen LogP contribution in [0.25, 0.3) is 10.9 Å².